The van der Waals surface area contributed by atoms with E-state index in [4.69, 9.17) is 9.97 Å². The Balaban J connectivity index is 1.57. The van der Waals surface area contributed by atoms with Gasteiger partial charge >= 0.3 is 0 Å². The minimum Gasteiger partial charge on any atom is -0.356 e. The largest absolute Gasteiger partial charge is 0.356 e. The lowest BCUT2D eigenvalue weighted by Gasteiger charge is -2.33. The highest BCUT2D eigenvalue weighted by atomic mass is 79.9. The number of anilines is 1. The van der Waals surface area contributed by atoms with E-state index in [1.807, 2.05) is 11.0 Å². The van der Waals surface area contributed by atoms with Gasteiger partial charge < -0.3 is 9.80 Å². The molecule has 0 atom stereocenters. The van der Waals surface area contributed by atoms with Crippen LogP contribution < -0.4 is 4.90 Å². The molecule has 5 rings (SSSR count). The molecule has 0 saturated carbocycles. The normalized spacial score (nSPS) is 18.0. The molecular weight excluding hydrogens is 460 g/mol. The molecule has 1 amide bonds. The van der Waals surface area contributed by atoms with Crippen molar-refractivity contribution in [1.29, 1.82) is 0 Å². The van der Waals surface area contributed by atoms with Gasteiger partial charge in [0.05, 0.1) is 11.9 Å². The minimum absolute atomic E-state index is 0.217. The van der Waals surface area contributed by atoms with Gasteiger partial charge in [0.2, 0.25) is 5.91 Å². The Labute approximate surface area is 189 Å². The van der Waals surface area contributed by atoms with E-state index in [9.17, 15) is 4.79 Å². The monoisotopic (exact) mass is 484 g/mol. The fraction of sp³-hybridized carbons (Fsp3) is 0.435. The summed E-state index contributed by atoms with van der Waals surface area (Å²) < 4.78 is 0. The van der Waals surface area contributed by atoms with Crippen LogP contribution in [0.1, 0.15) is 31.5 Å². The molecule has 2 saturated heterocycles. The number of likely N-dealkylation sites (tertiary alicyclic amines) is 1. The summed E-state index contributed by atoms with van der Waals surface area (Å²) in [5.41, 5.74) is 2.41. The number of alkyl halides is 1. The van der Waals surface area contributed by atoms with Crippen LogP contribution in [0.3, 0.4) is 0 Å². The highest BCUT2D eigenvalue weighted by Crippen LogP contribution is 2.39. The summed E-state index contributed by atoms with van der Waals surface area (Å²) in [5.74, 6) is 2.75. The van der Waals surface area contributed by atoms with E-state index in [1.165, 1.54) is 24.0 Å². The molecule has 2 aliphatic rings. The minimum atomic E-state index is 0.217. The van der Waals surface area contributed by atoms with Crippen LogP contribution in [0.4, 0.5) is 5.82 Å². The zero-order chi connectivity index (χ0) is 20.5. The lowest BCUT2D eigenvalue weighted by atomic mass is 9.98. The third-order valence-corrected chi connectivity index (χ3v) is 7.97. The predicted molar refractivity (Wildman–Crippen MR) is 126 cm³/mol. The van der Waals surface area contributed by atoms with Crippen LogP contribution in [0.2, 0.25) is 0 Å². The second-order valence-corrected chi connectivity index (χ2v) is 9.67. The Morgan fingerprint density at radius 3 is 2.60 bits per heavy atom. The molecule has 1 aromatic carbocycles. The third kappa shape index (κ3) is 3.85. The standard InChI is InChI=1S/C23H25BrN4OS/c24-13-16-8-11-27(12-9-16)22-21-18(17-5-2-1-3-6-17)15-30-23(21)26-19(25-22)14-28-10-4-7-20(28)29/h1-3,5-6,15-16H,4,7-14H2. The molecule has 4 heterocycles. The number of piperidine rings is 1. The maximum Gasteiger partial charge on any atom is 0.223 e. The van der Waals surface area contributed by atoms with Gasteiger partial charge in [0, 0.05) is 42.3 Å². The topological polar surface area (TPSA) is 49.3 Å². The van der Waals surface area contributed by atoms with Crippen LogP contribution in [0.25, 0.3) is 21.3 Å². The van der Waals surface area contributed by atoms with E-state index >= 15 is 0 Å². The van der Waals surface area contributed by atoms with Crippen molar-refractivity contribution in [2.24, 2.45) is 5.92 Å². The Kier molecular flexibility index (Phi) is 5.74. The van der Waals surface area contributed by atoms with Crippen molar-refractivity contribution in [2.75, 3.05) is 29.9 Å². The summed E-state index contributed by atoms with van der Waals surface area (Å²) in [4.78, 5) is 27.4. The summed E-state index contributed by atoms with van der Waals surface area (Å²) in [7, 11) is 0. The Hall–Kier alpha value is -1.99. The maximum atomic E-state index is 12.1. The van der Waals surface area contributed by atoms with Crippen LogP contribution in [-0.4, -0.2) is 45.7 Å². The molecule has 5 nitrogen and oxygen atoms in total. The van der Waals surface area contributed by atoms with E-state index in [0.717, 1.165) is 59.2 Å². The molecule has 3 aromatic rings. The van der Waals surface area contributed by atoms with Gasteiger partial charge in [-0.15, -0.1) is 11.3 Å². The molecule has 0 N–H and O–H groups in total. The Morgan fingerprint density at radius 1 is 1.10 bits per heavy atom. The number of amides is 1. The van der Waals surface area contributed by atoms with Crippen molar-refractivity contribution in [3.8, 4) is 11.1 Å². The first-order chi connectivity index (χ1) is 14.7. The fourth-order valence-electron chi connectivity index (χ4n) is 4.44. The van der Waals surface area contributed by atoms with E-state index in [-0.39, 0.29) is 5.91 Å². The fourth-order valence-corrected chi connectivity index (χ4v) is 6.05. The second kappa shape index (κ2) is 8.63. The van der Waals surface area contributed by atoms with Gasteiger partial charge in [-0.05, 0) is 30.7 Å². The van der Waals surface area contributed by atoms with Gasteiger partial charge in [-0.1, -0.05) is 46.3 Å². The Morgan fingerprint density at radius 2 is 1.90 bits per heavy atom. The van der Waals surface area contributed by atoms with Crippen LogP contribution in [0.5, 0.6) is 0 Å². The molecule has 2 fully saturated rings. The van der Waals surface area contributed by atoms with Gasteiger partial charge in [-0.25, -0.2) is 9.97 Å². The first kappa shape index (κ1) is 19.9. The first-order valence-corrected chi connectivity index (χ1v) is 12.7. The van der Waals surface area contributed by atoms with Gasteiger partial charge in [-0.2, -0.15) is 0 Å². The number of rotatable bonds is 5. The molecule has 0 spiro atoms. The lowest BCUT2D eigenvalue weighted by Crippen LogP contribution is -2.35. The van der Waals surface area contributed by atoms with Crippen LogP contribution in [0, 0.1) is 5.92 Å². The van der Waals surface area contributed by atoms with Crippen LogP contribution in [0.15, 0.2) is 35.7 Å². The molecule has 2 aromatic heterocycles. The third-order valence-electron chi connectivity index (χ3n) is 6.18. The average Bonchev–Trinajstić information content (AvgIpc) is 3.40. The van der Waals surface area contributed by atoms with E-state index in [0.29, 0.717) is 13.0 Å². The molecule has 156 valence electrons. The number of carbonyl (C=O) groups excluding carboxylic acids is 1. The molecular formula is C23H25BrN4OS. The molecule has 0 bridgehead atoms. The van der Waals surface area contributed by atoms with E-state index in [2.05, 4.69) is 50.5 Å². The quantitative estimate of drug-likeness (QED) is 0.473. The number of benzene rings is 1. The zero-order valence-electron chi connectivity index (χ0n) is 16.9. The molecule has 7 heteroatoms. The second-order valence-electron chi connectivity index (χ2n) is 8.16. The maximum absolute atomic E-state index is 12.1. The van der Waals surface area contributed by atoms with Crippen LogP contribution >= 0.6 is 27.3 Å². The number of halogens is 1. The zero-order valence-corrected chi connectivity index (χ0v) is 19.3. The van der Waals surface area contributed by atoms with Gasteiger partial charge in [0.1, 0.15) is 10.6 Å². The SMILES string of the molecule is O=C1CCCN1Cc1nc(N2CCC(CBr)CC2)c2c(-c3ccccc3)csc2n1. The van der Waals surface area contributed by atoms with Crippen molar-refractivity contribution in [3.05, 3.63) is 41.5 Å². The van der Waals surface area contributed by atoms with E-state index in [1.54, 1.807) is 11.3 Å². The summed E-state index contributed by atoms with van der Waals surface area (Å²) in [6.07, 6.45) is 3.92. The van der Waals surface area contributed by atoms with Crippen molar-refractivity contribution < 1.29 is 4.79 Å². The van der Waals surface area contributed by atoms with E-state index < -0.39 is 0 Å². The van der Waals surface area contributed by atoms with Crippen molar-refractivity contribution in [3.63, 3.8) is 0 Å². The summed E-state index contributed by atoms with van der Waals surface area (Å²) in [5, 5.41) is 4.42. The number of carbonyl (C=O) groups is 1. The van der Waals surface area contributed by atoms with Gasteiger partial charge in [-0.3, -0.25) is 4.79 Å². The smallest absolute Gasteiger partial charge is 0.223 e. The molecule has 0 radical (unpaired) electrons. The van der Waals surface area contributed by atoms with Gasteiger partial charge in [0.25, 0.3) is 0 Å². The molecule has 2 aliphatic heterocycles. The van der Waals surface area contributed by atoms with Crippen LogP contribution in [-0.2, 0) is 11.3 Å². The van der Waals surface area contributed by atoms with Crippen molar-refractivity contribution >= 4 is 49.2 Å². The molecule has 0 unspecified atom stereocenters. The highest BCUT2D eigenvalue weighted by Gasteiger charge is 2.26. The molecule has 30 heavy (non-hydrogen) atoms. The summed E-state index contributed by atoms with van der Waals surface area (Å²) in [6.45, 7) is 3.34. The average molecular weight is 485 g/mol. The molecule has 0 aliphatic carbocycles. The number of aromatic nitrogens is 2. The van der Waals surface area contributed by atoms with Crippen molar-refractivity contribution in [2.45, 2.75) is 32.2 Å². The number of hydrogen-bond donors (Lipinski definition) is 0. The number of hydrogen-bond acceptors (Lipinski definition) is 5. The number of thiophene rings is 1. The van der Waals surface area contributed by atoms with Crippen molar-refractivity contribution in [1.82, 2.24) is 14.9 Å². The summed E-state index contributed by atoms with van der Waals surface area (Å²) in [6, 6.07) is 10.5. The predicted octanol–water partition coefficient (Wildman–Crippen LogP) is 5.09. The number of nitrogens with zero attached hydrogens (tertiary/aromatic N) is 4. The first-order valence-electron chi connectivity index (χ1n) is 10.6. The number of fused-ring (bicyclic) bond motifs is 1. The van der Waals surface area contributed by atoms with Gasteiger partial charge in [0.15, 0.2) is 5.82 Å². The highest BCUT2D eigenvalue weighted by molar-refractivity contribution is 9.09. The summed E-state index contributed by atoms with van der Waals surface area (Å²) >= 11 is 5.33. The lowest BCUT2D eigenvalue weighted by molar-refractivity contribution is -0.128. The Bertz CT molecular complexity index is 1050.